The monoisotopic (exact) mass is 246 g/mol. The average molecular weight is 246 g/mol. The Labute approximate surface area is 109 Å². The molecule has 3 heteroatoms. The van der Waals surface area contributed by atoms with Gasteiger partial charge in [0, 0.05) is 11.7 Å². The van der Waals surface area contributed by atoms with Crippen LogP contribution in [0.15, 0.2) is 18.2 Å². The number of hydrogen-bond donors (Lipinski definition) is 2. The van der Waals surface area contributed by atoms with Crippen LogP contribution in [0.4, 0.5) is 5.69 Å². The zero-order valence-electron chi connectivity index (χ0n) is 11.3. The zero-order chi connectivity index (χ0) is 13.0. The zero-order valence-corrected chi connectivity index (χ0v) is 11.3. The molecule has 1 atom stereocenters. The predicted molar refractivity (Wildman–Crippen MR) is 74.9 cm³/mol. The Morgan fingerprint density at radius 3 is 2.89 bits per heavy atom. The van der Waals surface area contributed by atoms with E-state index in [1.54, 1.807) is 0 Å². The molecule has 0 saturated heterocycles. The summed E-state index contributed by atoms with van der Waals surface area (Å²) in [4.78, 5) is 11.8. The van der Waals surface area contributed by atoms with Gasteiger partial charge in [0.15, 0.2) is 0 Å². The van der Waals surface area contributed by atoms with Crippen LogP contribution in [0.2, 0.25) is 0 Å². The van der Waals surface area contributed by atoms with E-state index in [1.807, 2.05) is 6.07 Å². The summed E-state index contributed by atoms with van der Waals surface area (Å²) in [5.41, 5.74) is 3.75. The van der Waals surface area contributed by atoms with Gasteiger partial charge in [-0.3, -0.25) is 4.79 Å². The van der Waals surface area contributed by atoms with Crippen LogP contribution in [0.5, 0.6) is 0 Å². The van der Waals surface area contributed by atoms with E-state index in [0.29, 0.717) is 12.6 Å². The molecule has 3 nitrogen and oxygen atoms in total. The SMILES string of the molecule is CCC(C)NCC(=O)Nc1ccc2c(c1)CCC2. The van der Waals surface area contributed by atoms with Crippen LogP contribution >= 0.6 is 0 Å². The molecule has 0 fully saturated rings. The summed E-state index contributed by atoms with van der Waals surface area (Å²) in [5, 5.41) is 6.14. The molecule has 1 unspecified atom stereocenters. The summed E-state index contributed by atoms with van der Waals surface area (Å²) in [6.07, 6.45) is 4.59. The molecule has 2 N–H and O–H groups in total. The lowest BCUT2D eigenvalue weighted by Crippen LogP contribution is -2.33. The standard InChI is InChI=1S/C15H22N2O/c1-3-11(2)16-10-15(18)17-14-8-7-12-5-4-6-13(12)9-14/h7-9,11,16H,3-6,10H2,1-2H3,(H,17,18). The normalized spacial score (nSPS) is 15.2. The molecule has 18 heavy (non-hydrogen) atoms. The van der Waals surface area contributed by atoms with Crippen LogP contribution in [0.3, 0.4) is 0 Å². The molecule has 0 aromatic heterocycles. The van der Waals surface area contributed by atoms with Crippen molar-refractivity contribution in [1.29, 1.82) is 0 Å². The van der Waals surface area contributed by atoms with E-state index in [0.717, 1.165) is 18.5 Å². The molecule has 1 aromatic rings. The third-order valence-electron chi connectivity index (χ3n) is 3.61. The van der Waals surface area contributed by atoms with E-state index in [1.165, 1.54) is 24.0 Å². The van der Waals surface area contributed by atoms with Crippen LogP contribution in [-0.2, 0) is 17.6 Å². The maximum Gasteiger partial charge on any atom is 0.238 e. The number of anilines is 1. The molecule has 0 aliphatic heterocycles. The first-order valence-corrected chi connectivity index (χ1v) is 6.84. The lowest BCUT2D eigenvalue weighted by Gasteiger charge is -2.12. The number of carbonyl (C=O) groups excluding carboxylic acids is 1. The van der Waals surface area contributed by atoms with Crippen molar-refractivity contribution in [2.24, 2.45) is 0 Å². The maximum absolute atomic E-state index is 11.8. The van der Waals surface area contributed by atoms with E-state index in [-0.39, 0.29) is 5.91 Å². The molecule has 0 bridgehead atoms. The molecule has 0 radical (unpaired) electrons. The van der Waals surface area contributed by atoms with Crippen molar-refractivity contribution in [3.63, 3.8) is 0 Å². The van der Waals surface area contributed by atoms with Gasteiger partial charge in [0.05, 0.1) is 6.54 Å². The van der Waals surface area contributed by atoms with Crippen LogP contribution in [0.25, 0.3) is 0 Å². The first-order valence-electron chi connectivity index (χ1n) is 6.84. The number of benzene rings is 1. The number of nitrogens with one attached hydrogen (secondary N) is 2. The van der Waals surface area contributed by atoms with Crippen molar-refractivity contribution in [1.82, 2.24) is 5.32 Å². The van der Waals surface area contributed by atoms with E-state index in [9.17, 15) is 4.79 Å². The fourth-order valence-corrected chi connectivity index (χ4v) is 2.27. The average Bonchev–Trinajstić information content (AvgIpc) is 2.83. The molecule has 98 valence electrons. The number of amides is 1. The van der Waals surface area contributed by atoms with Gasteiger partial charge >= 0.3 is 0 Å². The fraction of sp³-hybridized carbons (Fsp3) is 0.533. The van der Waals surface area contributed by atoms with Gasteiger partial charge in [0.2, 0.25) is 5.91 Å². The summed E-state index contributed by atoms with van der Waals surface area (Å²) in [7, 11) is 0. The van der Waals surface area contributed by atoms with Crippen molar-refractivity contribution in [3.05, 3.63) is 29.3 Å². The molecule has 1 amide bonds. The molecular formula is C15H22N2O. The van der Waals surface area contributed by atoms with Gasteiger partial charge < -0.3 is 10.6 Å². The van der Waals surface area contributed by atoms with Crippen molar-refractivity contribution in [3.8, 4) is 0 Å². The van der Waals surface area contributed by atoms with Crippen LogP contribution in [0, 0.1) is 0 Å². The third-order valence-corrected chi connectivity index (χ3v) is 3.61. The Balaban J connectivity index is 1.87. The highest BCUT2D eigenvalue weighted by atomic mass is 16.1. The number of fused-ring (bicyclic) bond motifs is 1. The molecule has 0 saturated carbocycles. The minimum absolute atomic E-state index is 0.0354. The van der Waals surface area contributed by atoms with Gasteiger partial charge in [-0.05, 0) is 55.9 Å². The third kappa shape index (κ3) is 3.33. The Morgan fingerprint density at radius 1 is 1.33 bits per heavy atom. The highest BCUT2D eigenvalue weighted by Crippen LogP contribution is 2.24. The molecule has 1 aliphatic carbocycles. The number of hydrogen-bond acceptors (Lipinski definition) is 2. The lowest BCUT2D eigenvalue weighted by molar-refractivity contribution is -0.115. The Morgan fingerprint density at radius 2 is 2.11 bits per heavy atom. The van der Waals surface area contributed by atoms with E-state index >= 15 is 0 Å². The second-order valence-corrected chi connectivity index (χ2v) is 5.08. The Hall–Kier alpha value is -1.35. The minimum atomic E-state index is 0.0354. The molecule has 1 aromatic carbocycles. The topological polar surface area (TPSA) is 41.1 Å². The number of aryl methyl sites for hydroxylation is 2. The molecular weight excluding hydrogens is 224 g/mol. The first-order chi connectivity index (χ1) is 8.69. The van der Waals surface area contributed by atoms with Crippen molar-refractivity contribution >= 4 is 11.6 Å². The highest BCUT2D eigenvalue weighted by molar-refractivity contribution is 5.92. The quantitative estimate of drug-likeness (QED) is 0.838. The second-order valence-electron chi connectivity index (χ2n) is 5.08. The lowest BCUT2D eigenvalue weighted by atomic mass is 10.1. The van der Waals surface area contributed by atoms with Crippen LogP contribution in [-0.4, -0.2) is 18.5 Å². The summed E-state index contributed by atoms with van der Waals surface area (Å²) in [6.45, 7) is 4.57. The maximum atomic E-state index is 11.8. The largest absolute Gasteiger partial charge is 0.325 e. The van der Waals surface area contributed by atoms with Gasteiger partial charge in [0.1, 0.15) is 0 Å². The second kappa shape index (κ2) is 6.01. The summed E-state index contributed by atoms with van der Waals surface area (Å²) < 4.78 is 0. The van der Waals surface area contributed by atoms with Crippen LogP contribution < -0.4 is 10.6 Å². The van der Waals surface area contributed by atoms with Crippen molar-refractivity contribution in [2.45, 2.75) is 45.6 Å². The van der Waals surface area contributed by atoms with Crippen molar-refractivity contribution in [2.75, 3.05) is 11.9 Å². The first kappa shape index (κ1) is 13.1. The van der Waals surface area contributed by atoms with Crippen molar-refractivity contribution < 1.29 is 4.79 Å². The van der Waals surface area contributed by atoms with Gasteiger partial charge in [-0.15, -0.1) is 0 Å². The van der Waals surface area contributed by atoms with E-state index < -0.39 is 0 Å². The summed E-state index contributed by atoms with van der Waals surface area (Å²) >= 11 is 0. The smallest absolute Gasteiger partial charge is 0.238 e. The summed E-state index contributed by atoms with van der Waals surface area (Å²) in [6, 6.07) is 6.64. The van der Waals surface area contributed by atoms with E-state index in [4.69, 9.17) is 0 Å². The predicted octanol–water partition coefficient (Wildman–Crippen LogP) is 2.50. The molecule has 0 heterocycles. The number of carbonyl (C=O) groups is 1. The molecule has 0 spiro atoms. The van der Waals surface area contributed by atoms with Crippen LogP contribution in [0.1, 0.15) is 37.8 Å². The van der Waals surface area contributed by atoms with Gasteiger partial charge in [0.25, 0.3) is 0 Å². The van der Waals surface area contributed by atoms with E-state index in [2.05, 4.69) is 36.6 Å². The highest BCUT2D eigenvalue weighted by Gasteiger charge is 2.11. The Kier molecular flexibility index (Phi) is 4.37. The molecule has 1 aliphatic rings. The Bertz CT molecular complexity index is 429. The van der Waals surface area contributed by atoms with Gasteiger partial charge in [-0.1, -0.05) is 13.0 Å². The minimum Gasteiger partial charge on any atom is -0.325 e. The van der Waals surface area contributed by atoms with Gasteiger partial charge in [-0.25, -0.2) is 0 Å². The fourth-order valence-electron chi connectivity index (χ4n) is 2.27. The summed E-state index contributed by atoms with van der Waals surface area (Å²) in [5.74, 6) is 0.0354. The van der Waals surface area contributed by atoms with Gasteiger partial charge in [-0.2, -0.15) is 0 Å². The number of rotatable bonds is 5. The molecule has 2 rings (SSSR count).